The number of carbonyl (C=O) groups excluding carboxylic acids is 3. The monoisotopic (exact) mass is 639 g/mol. The molecule has 2 amide bonds. The van der Waals surface area contributed by atoms with Gasteiger partial charge in [-0.25, -0.2) is 32.2 Å². The molecule has 2 heterocycles. The zero-order chi connectivity index (χ0) is 32.3. The molecule has 43 heavy (non-hydrogen) atoms. The number of amides is 2. The number of pyridine rings is 1. The summed E-state index contributed by atoms with van der Waals surface area (Å²) in [6.07, 6.45) is 0.577. The first kappa shape index (κ1) is 33.4. The van der Waals surface area contributed by atoms with Crippen molar-refractivity contribution in [1.29, 1.82) is 0 Å². The van der Waals surface area contributed by atoms with Crippen molar-refractivity contribution in [2.45, 2.75) is 58.1 Å². The first-order chi connectivity index (χ1) is 19.8. The van der Waals surface area contributed by atoms with E-state index < -0.39 is 51.8 Å². The summed E-state index contributed by atoms with van der Waals surface area (Å²) in [5.74, 6) is -1.07. The number of carbonyl (C=O) groups is 3. The summed E-state index contributed by atoms with van der Waals surface area (Å²) >= 11 is 6.06. The van der Waals surface area contributed by atoms with Crippen molar-refractivity contribution in [2.24, 2.45) is 5.41 Å². The molecule has 1 atom stereocenters. The van der Waals surface area contributed by atoms with Crippen molar-refractivity contribution in [3.8, 4) is 5.75 Å². The second-order valence-electron chi connectivity index (χ2n) is 11.4. The maximum Gasteiger partial charge on any atom is 0.424 e. The van der Waals surface area contributed by atoms with E-state index in [0.29, 0.717) is 10.7 Å². The van der Waals surface area contributed by atoms with Gasteiger partial charge in [0.1, 0.15) is 17.4 Å². The average molecular weight is 640 g/mol. The normalized spacial score (nSPS) is 12.8. The van der Waals surface area contributed by atoms with E-state index in [2.05, 4.69) is 15.4 Å². The minimum atomic E-state index is -3.61. The molecule has 16 heteroatoms. The van der Waals surface area contributed by atoms with Crippen LogP contribution in [-0.4, -0.2) is 73.0 Å². The molecule has 234 valence electrons. The van der Waals surface area contributed by atoms with Crippen LogP contribution in [0.2, 0.25) is 5.02 Å². The third kappa shape index (κ3) is 8.70. The first-order valence-electron chi connectivity index (χ1n) is 12.8. The molecule has 0 saturated heterocycles. The number of rotatable bonds is 8. The van der Waals surface area contributed by atoms with Gasteiger partial charge in [0.05, 0.1) is 22.7 Å². The molecule has 0 fully saturated rings. The molecule has 0 radical (unpaired) electrons. The van der Waals surface area contributed by atoms with Crippen molar-refractivity contribution in [2.75, 3.05) is 25.1 Å². The van der Waals surface area contributed by atoms with Crippen LogP contribution in [0.5, 0.6) is 5.75 Å². The van der Waals surface area contributed by atoms with Gasteiger partial charge in [0.15, 0.2) is 15.5 Å². The fourth-order valence-electron chi connectivity index (χ4n) is 3.64. The smallest absolute Gasteiger partial charge is 0.424 e. The van der Waals surface area contributed by atoms with E-state index in [1.54, 1.807) is 53.7 Å². The molecular formula is C27H34ClN5O9S. The fraction of sp³-hybridized carbons (Fsp3) is 0.444. The SMILES string of the molecule is COc1cc(S(C)(=O)=O)ccc1N(C(=O)OCOC(=O)C(NC(=O)OC(C)(C)C)C(C)(C)C)c1nc2ccc(Cl)cn2n1. The molecule has 1 unspecified atom stereocenters. The van der Waals surface area contributed by atoms with Gasteiger partial charge in [0, 0.05) is 18.5 Å². The molecule has 0 bridgehead atoms. The number of halogens is 1. The maximum absolute atomic E-state index is 13.5. The van der Waals surface area contributed by atoms with Crippen LogP contribution in [0.1, 0.15) is 41.5 Å². The van der Waals surface area contributed by atoms with Gasteiger partial charge >= 0.3 is 18.2 Å². The summed E-state index contributed by atoms with van der Waals surface area (Å²) in [5.41, 5.74) is -1.22. The number of anilines is 2. The van der Waals surface area contributed by atoms with E-state index in [1.807, 2.05) is 0 Å². The average Bonchev–Trinajstić information content (AvgIpc) is 3.27. The predicted molar refractivity (Wildman–Crippen MR) is 156 cm³/mol. The largest absolute Gasteiger partial charge is 0.495 e. The van der Waals surface area contributed by atoms with Gasteiger partial charge in [-0.2, -0.15) is 4.98 Å². The first-order valence-corrected chi connectivity index (χ1v) is 15.1. The van der Waals surface area contributed by atoms with Crippen LogP contribution in [0.4, 0.5) is 21.2 Å². The van der Waals surface area contributed by atoms with E-state index >= 15 is 0 Å². The molecule has 0 aliphatic carbocycles. The van der Waals surface area contributed by atoms with Crippen molar-refractivity contribution >= 4 is 56.9 Å². The van der Waals surface area contributed by atoms with Gasteiger partial charge in [0.25, 0.3) is 5.95 Å². The zero-order valence-electron chi connectivity index (χ0n) is 25.0. The molecular weight excluding hydrogens is 606 g/mol. The molecule has 2 aromatic heterocycles. The topological polar surface area (TPSA) is 168 Å². The third-order valence-electron chi connectivity index (χ3n) is 5.63. The molecule has 0 aliphatic heterocycles. The summed E-state index contributed by atoms with van der Waals surface area (Å²) < 4.78 is 46.6. The number of benzene rings is 1. The quantitative estimate of drug-likeness (QED) is 0.272. The van der Waals surface area contributed by atoms with E-state index in [4.69, 9.17) is 30.5 Å². The lowest BCUT2D eigenvalue weighted by Crippen LogP contribution is -2.51. The second-order valence-corrected chi connectivity index (χ2v) is 13.9. The van der Waals surface area contributed by atoms with Crippen molar-refractivity contribution < 1.29 is 41.7 Å². The van der Waals surface area contributed by atoms with Gasteiger partial charge in [-0.1, -0.05) is 32.4 Å². The Labute approximate surface area is 254 Å². The summed E-state index contributed by atoms with van der Waals surface area (Å²) in [7, 11) is -2.32. The van der Waals surface area contributed by atoms with Gasteiger partial charge in [0.2, 0.25) is 6.79 Å². The standard InChI is InChI=1S/C27H34ClN5O9S/c1-26(2,3)21(30-24(35)42-27(4,5)6)22(34)40-15-41-25(36)33(23-29-20-12-9-16(28)14-32(20)31-23)18-11-10-17(43(8,37)38)13-19(18)39-7/h9-14,21H,15H2,1-8H3,(H,30,35). The summed E-state index contributed by atoms with van der Waals surface area (Å²) in [4.78, 5) is 43.9. The Hall–Kier alpha value is -4.11. The minimum Gasteiger partial charge on any atom is -0.495 e. The van der Waals surface area contributed by atoms with Crippen LogP contribution in [-0.2, 0) is 28.8 Å². The highest BCUT2D eigenvalue weighted by atomic mass is 35.5. The number of nitrogens with zero attached hydrogens (tertiary/aromatic N) is 4. The molecule has 1 N–H and O–H groups in total. The van der Waals surface area contributed by atoms with Crippen LogP contribution in [0.15, 0.2) is 41.4 Å². The Morgan fingerprint density at radius 1 is 1.07 bits per heavy atom. The molecule has 3 rings (SSSR count). The highest BCUT2D eigenvalue weighted by Gasteiger charge is 2.36. The number of ether oxygens (including phenoxy) is 4. The number of nitrogens with one attached hydrogen (secondary N) is 1. The van der Waals surface area contributed by atoms with E-state index in [9.17, 15) is 22.8 Å². The van der Waals surface area contributed by atoms with E-state index in [-0.39, 0.29) is 22.3 Å². The molecule has 0 spiro atoms. The molecule has 14 nitrogen and oxygen atoms in total. The van der Waals surface area contributed by atoms with Crippen LogP contribution < -0.4 is 15.0 Å². The van der Waals surface area contributed by atoms with Gasteiger partial charge < -0.3 is 24.3 Å². The molecule has 3 aromatic rings. The van der Waals surface area contributed by atoms with E-state index in [0.717, 1.165) is 11.2 Å². The van der Waals surface area contributed by atoms with Crippen molar-refractivity contribution in [3.05, 3.63) is 41.6 Å². The van der Waals surface area contributed by atoms with Gasteiger partial charge in [-0.3, -0.25) is 0 Å². The maximum atomic E-state index is 13.5. The number of sulfone groups is 1. The Kier molecular flexibility index (Phi) is 9.81. The number of esters is 1. The summed E-state index contributed by atoms with van der Waals surface area (Å²) in [6.45, 7) is 9.31. The van der Waals surface area contributed by atoms with Crippen molar-refractivity contribution in [1.82, 2.24) is 19.9 Å². The van der Waals surface area contributed by atoms with Crippen LogP contribution in [0.25, 0.3) is 5.65 Å². The Balaban J connectivity index is 1.89. The second kappa shape index (κ2) is 12.6. The zero-order valence-corrected chi connectivity index (χ0v) is 26.6. The van der Waals surface area contributed by atoms with Gasteiger partial charge in [-0.15, -0.1) is 5.10 Å². The number of hydrogen-bond donors (Lipinski definition) is 1. The van der Waals surface area contributed by atoms with Crippen LogP contribution in [0, 0.1) is 5.41 Å². The highest BCUT2D eigenvalue weighted by molar-refractivity contribution is 7.90. The lowest BCUT2D eigenvalue weighted by Gasteiger charge is -2.30. The minimum absolute atomic E-state index is 0.0110. The third-order valence-corrected chi connectivity index (χ3v) is 6.97. The summed E-state index contributed by atoms with van der Waals surface area (Å²) in [6, 6.07) is 5.82. The molecule has 0 saturated carbocycles. The lowest BCUT2D eigenvalue weighted by atomic mass is 9.87. The molecule has 0 aliphatic rings. The van der Waals surface area contributed by atoms with Crippen molar-refractivity contribution in [3.63, 3.8) is 0 Å². The number of aromatic nitrogens is 3. The van der Waals surface area contributed by atoms with Crippen LogP contribution in [0.3, 0.4) is 0 Å². The van der Waals surface area contributed by atoms with Gasteiger partial charge in [-0.05, 0) is 50.5 Å². The number of hydrogen-bond acceptors (Lipinski definition) is 11. The number of alkyl carbamates (subject to hydrolysis) is 1. The Morgan fingerprint density at radius 3 is 2.33 bits per heavy atom. The Morgan fingerprint density at radius 2 is 1.74 bits per heavy atom. The number of fused-ring (bicyclic) bond motifs is 1. The highest BCUT2D eigenvalue weighted by Crippen LogP contribution is 2.35. The number of methoxy groups -OCH3 is 1. The lowest BCUT2D eigenvalue weighted by molar-refractivity contribution is -0.157. The fourth-order valence-corrected chi connectivity index (χ4v) is 4.43. The predicted octanol–water partition coefficient (Wildman–Crippen LogP) is 4.51. The summed E-state index contributed by atoms with van der Waals surface area (Å²) in [5, 5.41) is 7.13. The van der Waals surface area contributed by atoms with Crippen LogP contribution >= 0.6 is 11.6 Å². The molecule has 1 aromatic carbocycles. The Bertz CT molecular complexity index is 1630. The van der Waals surface area contributed by atoms with E-state index in [1.165, 1.54) is 36.0 Å².